The Bertz CT molecular complexity index is 878. The van der Waals surface area contributed by atoms with Crippen LogP contribution < -0.4 is 10.6 Å². The van der Waals surface area contributed by atoms with E-state index in [2.05, 4.69) is 27.5 Å². The van der Waals surface area contributed by atoms with Crippen LogP contribution >= 0.6 is 0 Å². The number of carbonyl (C=O) groups is 1. The zero-order chi connectivity index (χ0) is 17.9. The van der Waals surface area contributed by atoms with E-state index < -0.39 is 0 Å². The molecule has 1 fully saturated rings. The molecule has 1 atom stereocenters. The van der Waals surface area contributed by atoms with Crippen LogP contribution in [0, 0.1) is 11.8 Å². The number of nitrogens with zero attached hydrogens (tertiary/aromatic N) is 1. The lowest BCUT2D eigenvalue weighted by Gasteiger charge is -2.27. The summed E-state index contributed by atoms with van der Waals surface area (Å²) in [5.41, 5.74) is 2.51. The first kappa shape index (κ1) is 16.8. The number of hydrogen-bond donors (Lipinski definition) is 3. The highest BCUT2D eigenvalue weighted by Gasteiger charge is 2.22. The number of aromatic amines is 1. The third kappa shape index (κ3) is 3.65. The lowest BCUT2D eigenvalue weighted by Crippen LogP contribution is -2.32. The van der Waals surface area contributed by atoms with E-state index in [9.17, 15) is 4.79 Å². The van der Waals surface area contributed by atoms with Crippen molar-refractivity contribution in [3.05, 3.63) is 36.6 Å². The normalized spacial score (nSPS) is 16.7. The predicted molar refractivity (Wildman–Crippen MR) is 102 cm³/mol. The average Bonchev–Trinajstić information content (AvgIpc) is 3.31. The summed E-state index contributed by atoms with van der Waals surface area (Å²) in [7, 11) is 0. The van der Waals surface area contributed by atoms with Crippen molar-refractivity contribution < 1.29 is 9.21 Å². The van der Waals surface area contributed by atoms with Gasteiger partial charge < -0.3 is 20.0 Å². The quantitative estimate of drug-likeness (QED) is 0.652. The number of aromatic nitrogens is 2. The predicted octanol–water partition coefficient (Wildman–Crippen LogP) is 3.79. The highest BCUT2D eigenvalue weighted by atomic mass is 16.3. The maximum Gasteiger partial charge on any atom is 0.224 e. The molecule has 3 aromatic rings. The molecule has 3 N–H and O–H groups in total. The molecule has 0 bridgehead atoms. The van der Waals surface area contributed by atoms with Crippen molar-refractivity contribution in [3.63, 3.8) is 0 Å². The van der Waals surface area contributed by atoms with Crippen molar-refractivity contribution >= 4 is 22.6 Å². The van der Waals surface area contributed by atoms with Crippen LogP contribution in [0.3, 0.4) is 0 Å². The van der Waals surface area contributed by atoms with Crippen LogP contribution in [0.25, 0.3) is 22.6 Å². The van der Waals surface area contributed by atoms with E-state index >= 15 is 0 Å². The maximum atomic E-state index is 12.4. The Balaban J connectivity index is 1.42. The molecule has 0 aliphatic carbocycles. The SMILES string of the molecule is CC(CC(=O)Nc1ccc2nc(-c3ccco3)[nH]c2c1)C1CCNCC1. The third-order valence-corrected chi connectivity index (χ3v) is 5.22. The second kappa shape index (κ2) is 7.33. The Morgan fingerprint density at radius 2 is 2.19 bits per heavy atom. The fourth-order valence-electron chi connectivity index (χ4n) is 3.70. The van der Waals surface area contributed by atoms with E-state index in [0.717, 1.165) is 42.7 Å². The minimum Gasteiger partial charge on any atom is -0.461 e. The Morgan fingerprint density at radius 3 is 2.96 bits per heavy atom. The number of benzene rings is 1. The van der Waals surface area contributed by atoms with Gasteiger partial charge in [0.1, 0.15) is 0 Å². The summed E-state index contributed by atoms with van der Waals surface area (Å²) in [6.45, 7) is 4.31. The van der Waals surface area contributed by atoms with E-state index in [-0.39, 0.29) is 5.91 Å². The van der Waals surface area contributed by atoms with E-state index in [1.54, 1.807) is 6.26 Å². The summed E-state index contributed by atoms with van der Waals surface area (Å²) >= 11 is 0. The van der Waals surface area contributed by atoms with Crippen molar-refractivity contribution in [2.75, 3.05) is 18.4 Å². The Morgan fingerprint density at radius 1 is 1.35 bits per heavy atom. The first-order valence-electron chi connectivity index (χ1n) is 9.23. The van der Waals surface area contributed by atoms with E-state index in [0.29, 0.717) is 29.8 Å². The number of nitrogens with one attached hydrogen (secondary N) is 3. The number of H-pyrrole nitrogens is 1. The van der Waals surface area contributed by atoms with Gasteiger partial charge in [-0.1, -0.05) is 6.92 Å². The van der Waals surface area contributed by atoms with Gasteiger partial charge in [0.2, 0.25) is 5.91 Å². The minimum absolute atomic E-state index is 0.0705. The standard InChI is InChI=1S/C20H24N4O2/c1-13(14-6-8-21-9-7-14)11-19(25)22-15-4-5-16-17(12-15)24-20(23-16)18-3-2-10-26-18/h2-5,10,12-14,21H,6-9,11H2,1H3,(H,22,25)(H,23,24). The molecule has 1 aliphatic rings. The fraction of sp³-hybridized carbons (Fsp3) is 0.400. The van der Waals surface area contributed by atoms with Crippen molar-refractivity contribution in [1.29, 1.82) is 0 Å². The molecule has 6 nitrogen and oxygen atoms in total. The first-order valence-corrected chi connectivity index (χ1v) is 9.23. The average molecular weight is 352 g/mol. The van der Waals surface area contributed by atoms with Gasteiger partial charge in [0.05, 0.1) is 17.3 Å². The number of rotatable bonds is 5. The third-order valence-electron chi connectivity index (χ3n) is 5.22. The summed E-state index contributed by atoms with van der Waals surface area (Å²) in [5.74, 6) is 2.49. The summed E-state index contributed by atoms with van der Waals surface area (Å²) in [4.78, 5) is 20.2. The Kier molecular flexibility index (Phi) is 4.75. The molecule has 2 aromatic heterocycles. The smallest absolute Gasteiger partial charge is 0.224 e. The molecule has 0 radical (unpaired) electrons. The van der Waals surface area contributed by atoms with Gasteiger partial charge in [-0.2, -0.15) is 0 Å². The molecular formula is C20H24N4O2. The molecule has 3 heterocycles. The Hall–Kier alpha value is -2.60. The largest absolute Gasteiger partial charge is 0.461 e. The molecule has 26 heavy (non-hydrogen) atoms. The van der Waals surface area contributed by atoms with Gasteiger partial charge in [-0.15, -0.1) is 0 Å². The highest BCUT2D eigenvalue weighted by molar-refractivity contribution is 5.93. The van der Waals surface area contributed by atoms with E-state index in [4.69, 9.17) is 4.42 Å². The first-order chi connectivity index (χ1) is 12.7. The van der Waals surface area contributed by atoms with Crippen LogP contribution in [-0.2, 0) is 4.79 Å². The number of anilines is 1. The van der Waals surface area contributed by atoms with Crippen molar-refractivity contribution in [3.8, 4) is 11.6 Å². The molecule has 0 saturated carbocycles. The topological polar surface area (TPSA) is 83.0 Å². The van der Waals surface area contributed by atoms with Crippen molar-refractivity contribution in [2.24, 2.45) is 11.8 Å². The van der Waals surface area contributed by atoms with Crippen molar-refractivity contribution in [1.82, 2.24) is 15.3 Å². The molecule has 6 heteroatoms. The number of imidazole rings is 1. The van der Waals surface area contributed by atoms with Gasteiger partial charge in [0, 0.05) is 12.1 Å². The molecule has 1 aliphatic heterocycles. The van der Waals surface area contributed by atoms with Crippen molar-refractivity contribution in [2.45, 2.75) is 26.2 Å². The number of carbonyl (C=O) groups excluding carboxylic acids is 1. The maximum absolute atomic E-state index is 12.4. The van der Waals surface area contributed by atoms with Gasteiger partial charge in [0.25, 0.3) is 0 Å². The number of fused-ring (bicyclic) bond motifs is 1. The van der Waals surface area contributed by atoms with E-state index in [1.807, 2.05) is 30.3 Å². The molecule has 1 amide bonds. The molecule has 0 spiro atoms. The highest BCUT2D eigenvalue weighted by Crippen LogP contribution is 2.26. The lowest BCUT2D eigenvalue weighted by atomic mass is 9.84. The monoisotopic (exact) mass is 352 g/mol. The van der Waals surface area contributed by atoms with Crippen LogP contribution in [0.15, 0.2) is 41.0 Å². The number of furan rings is 1. The molecular weight excluding hydrogens is 328 g/mol. The minimum atomic E-state index is 0.0705. The summed E-state index contributed by atoms with van der Waals surface area (Å²) < 4.78 is 5.38. The fourth-order valence-corrected chi connectivity index (χ4v) is 3.70. The summed E-state index contributed by atoms with van der Waals surface area (Å²) in [6, 6.07) is 9.41. The zero-order valence-corrected chi connectivity index (χ0v) is 14.9. The molecule has 1 unspecified atom stereocenters. The van der Waals surface area contributed by atoms with Gasteiger partial charge in [0.15, 0.2) is 11.6 Å². The van der Waals surface area contributed by atoms with Gasteiger partial charge in [-0.05, 0) is 68.1 Å². The van der Waals surface area contributed by atoms with Crippen LogP contribution in [0.1, 0.15) is 26.2 Å². The number of amides is 1. The summed E-state index contributed by atoms with van der Waals surface area (Å²) in [6.07, 6.45) is 4.50. The lowest BCUT2D eigenvalue weighted by molar-refractivity contribution is -0.117. The van der Waals surface area contributed by atoms with Gasteiger partial charge in [-0.3, -0.25) is 4.79 Å². The summed E-state index contributed by atoms with van der Waals surface area (Å²) in [5, 5.41) is 6.40. The number of hydrogen-bond acceptors (Lipinski definition) is 4. The molecule has 4 rings (SSSR count). The second-order valence-corrected chi connectivity index (χ2v) is 7.11. The zero-order valence-electron chi connectivity index (χ0n) is 14.9. The van der Waals surface area contributed by atoms with Crippen LogP contribution in [-0.4, -0.2) is 29.0 Å². The van der Waals surface area contributed by atoms with E-state index in [1.165, 1.54) is 0 Å². The molecule has 136 valence electrons. The van der Waals surface area contributed by atoms with Gasteiger partial charge >= 0.3 is 0 Å². The van der Waals surface area contributed by atoms with Gasteiger partial charge in [-0.25, -0.2) is 4.98 Å². The van der Waals surface area contributed by atoms with Crippen LogP contribution in [0.4, 0.5) is 5.69 Å². The van der Waals surface area contributed by atoms with Crippen LogP contribution in [0.5, 0.6) is 0 Å². The second-order valence-electron chi connectivity index (χ2n) is 7.11. The Labute approximate surface area is 152 Å². The molecule has 1 saturated heterocycles. The number of piperidine rings is 1. The van der Waals surface area contributed by atoms with Crippen LogP contribution in [0.2, 0.25) is 0 Å². The molecule has 1 aromatic carbocycles.